The van der Waals surface area contributed by atoms with Gasteiger partial charge in [0.15, 0.2) is 0 Å². The summed E-state index contributed by atoms with van der Waals surface area (Å²) in [6.45, 7) is 3.11. The lowest BCUT2D eigenvalue weighted by Crippen LogP contribution is -2.49. The van der Waals surface area contributed by atoms with E-state index in [1.165, 1.54) is 22.3 Å². The topological polar surface area (TPSA) is 61.4 Å². The Kier molecular flexibility index (Phi) is 3.97. The number of hydrogen-bond donors (Lipinski definition) is 2. The number of nitrogens with one attached hydrogen (secondary N) is 2. The molecule has 2 aromatic carbocycles. The van der Waals surface area contributed by atoms with Crippen LogP contribution in [0, 0.1) is 11.8 Å². The molecule has 2 aromatic rings. The minimum Gasteiger partial charge on any atom is -0.355 e. The molecule has 3 aliphatic rings. The largest absolute Gasteiger partial charge is 0.355 e. The van der Waals surface area contributed by atoms with Gasteiger partial charge in [-0.1, -0.05) is 30.3 Å². The first kappa shape index (κ1) is 16.5. The second kappa shape index (κ2) is 6.50. The van der Waals surface area contributed by atoms with Crippen molar-refractivity contribution in [3.8, 4) is 11.1 Å². The van der Waals surface area contributed by atoms with Crippen LogP contribution in [0.1, 0.15) is 17.5 Å². The number of amides is 2. The monoisotopic (exact) mass is 361 g/mol. The van der Waals surface area contributed by atoms with Crippen molar-refractivity contribution in [1.82, 2.24) is 10.6 Å². The molecule has 0 bridgehead atoms. The minimum atomic E-state index is -0.254. The number of nitrogens with zero attached hydrogens (tertiary/aromatic N) is 1. The Morgan fingerprint density at radius 2 is 1.93 bits per heavy atom. The number of anilines is 1. The highest BCUT2D eigenvalue weighted by Gasteiger charge is 2.36. The first-order chi connectivity index (χ1) is 13.2. The Balaban J connectivity index is 1.30. The summed E-state index contributed by atoms with van der Waals surface area (Å²) in [5.74, 6) is 0.318. The van der Waals surface area contributed by atoms with Gasteiger partial charge in [-0.15, -0.1) is 0 Å². The summed E-state index contributed by atoms with van der Waals surface area (Å²) in [6, 6.07) is 14.7. The van der Waals surface area contributed by atoms with Gasteiger partial charge in [-0.05, 0) is 40.8 Å². The van der Waals surface area contributed by atoms with Crippen molar-refractivity contribution >= 4 is 17.5 Å². The van der Waals surface area contributed by atoms with E-state index in [0.29, 0.717) is 25.4 Å². The number of carbonyl (C=O) groups excluding carboxylic acids is 2. The van der Waals surface area contributed by atoms with Crippen LogP contribution in [0.2, 0.25) is 0 Å². The maximum Gasteiger partial charge on any atom is 0.227 e. The highest BCUT2D eigenvalue weighted by molar-refractivity contribution is 6.00. The standard InChI is InChI=1S/C22H23N3O2/c26-21-9-17(22(27)24-12-14-10-23-11-14)13-25(21)18-5-6-20-16(8-18)7-15-3-1-2-4-19(15)20/h1-6,8,14,17,23H,7,9-13H2,(H,24,27). The Hall–Kier alpha value is -2.66. The van der Waals surface area contributed by atoms with E-state index in [1.54, 1.807) is 4.90 Å². The molecule has 1 unspecified atom stereocenters. The summed E-state index contributed by atoms with van der Waals surface area (Å²) in [7, 11) is 0. The summed E-state index contributed by atoms with van der Waals surface area (Å²) in [6.07, 6.45) is 1.20. The third-order valence-corrected chi connectivity index (χ3v) is 6.02. The Morgan fingerprint density at radius 3 is 2.74 bits per heavy atom. The molecule has 0 saturated carbocycles. The van der Waals surface area contributed by atoms with Crippen molar-refractivity contribution < 1.29 is 9.59 Å². The van der Waals surface area contributed by atoms with Crippen LogP contribution in [0.3, 0.4) is 0 Å². The van der Waals surface area contributed by atoms with E-state index in [0.717, 1.165) is 25.2 Å². The average molecular weight is 361 g/mol. The van der Waals surface area contributed by atoms with Crippen LogP contribution in [0.15, 0.2) is 42.5 Å². The van der Waals surface area contributed by atoms with E-state index in [4.69, 9.17) is 0 Å². The van der Waals surface area contributed by atoms with Gasteiger partial charge in [-0.3, -0.25) is 9.59 Å². The molecule has 2 heterocycles. The molecule has 0 spiro atoms. The van der Waals surface area contributed by atoms with Gasteiger partial charge in [0.1, 0.15) is 0 Å². The zero-order chi connectivity index (χ0) is 18.4. The Bertz CT molecular complexity index is 920. The predicted octanol–water partition coefficient (Wildman–Crippen LogP) is 1.95. The van der Waals surface area contributed by atoms with Crippen LogP contribution in [0.5, 0.6) is 0 Å². The minimum absolute atomic E-state index is 0.00585. The van der Waals surface area contributed by atoms with Gasteiger partial charge in [0.05, 0.1) is 5.92 Å². The lowest BCUT2D eigenvalue weighted by atomic mass is 10.0. The zero-order valence-corrected chi connectivity index (χ0v) is 15.2. The first-order valence-electron chi connectivity index (χ1n) is 9.69. The molecule has 1 aliphatic carbocycles. The number of fused-ring (bicyclic) bond motifs is 3. The molecule has 2 saturated heterocycles. The van der Waals surface area contributed by atoms with Crippen LogP contribution < -0.4 is 15.5 Å². The molecule has 2 fully saturated rings. The van der Waals surface area contributed by atoms with Gasteiger partial charge >= 0.3 is 0 Å². The van der Waals surface area contributed by atoms with Gasteiger partial charge in [-0.2, -0.15) is 0 Å². The third-order valence-electron chi connectivity index (χ3n) is 6.02. The SMILES string of the molecule is O=C(NCC1CNC1)C1CC(=O)N(c2ccc3c(c2)Cc2ccccc2-3)C1. The molecular formula is C22H23N3O2. The molecule has 5 nitrogen and oxygen atoms in total. The number of benzene rings is 2. The van der Waals surface area contributed by atoms with E-state index in [-0.39, 0.29) is 17.7 Å². The highest BCUT2D eigenvalue weighted by atomic mass is 16.2. The summed E-state index contributed by atoms with van der Waals surface area (Å²) < 4.78 is 0. The van der Waals surface area contributed by atoms with Crippen molar-refractivity contribution in [2.75, 3.05) is 31.1 Å². The van der Waals surface area contributed by atoms with Crippen molar-refractivity contribution in [3.05, 3.63) is 53.6 Å². The fourth-order valence-corrected chi connectivity index (χ4v) is 4.31. The zero-order valence-electron chi connectivity index (χ0n) is 15.2. The van der Waals surface area contributed by atoms with Crippen molar-refractivity contribution in [3.63, 3.8) is 0 Å². The molecule has 2 N–H and O–H groups in total. The quantitative estimate of drug-likeness (QED) is 0.747. The van der Waals surface area contributed by atoms with Crippen LogP contribution in [0.4, 0.5) is 5.69 Å². The van der Waals surface area contributed by atoms with E-state index < -0.39 is 0 Å². The van der Waals surface area contributed by atoms with Gasteiger partial charge in [0.25, 0.3) is 0 Å². The van der Waals surface area contributed by atoms with Crippen molar-refractivity contribution in [2.24, 2.45) is 11.8 Å². The van der Waals surface area contributed by atoms with E-state index in [9.17, 15) is 9.59 Å². The smallest absolute Gasteiger partial charge is 0.227 e. The van der Waals surface area contributed by atoms with E-state index >= 15 is 0 Å². The van der Waals surface area contributed by atoms with Gasteiger partial charge in [0.2, 0.25) is 11.8 Å². The third kappa shape index (κ3) is 2.92. The second-order valence-corrected chi connectivity index (χ2v) is 7.85. The van der Waals surface area contributed by atoms with Crippen molar-refractivity contribution in [1.29, 1.82) is 0 Å². The maximum absolute atomic E-state index is 12.5. The van der Waals surface area contributed by atoms with Gasteiger partial charge in [0, 0.05) is 44.2 Å². The summed E-state index contributed by atoms with van der Waals surface area (Å²) in [4.78, 5) is 26.8. The Labute approximate surface area is 158 Å². The fourth-order valence-electron chi connectivity index (χ4n) is 4.31. The second-order valence-electron chi connectivity index (χ2n) is 7.85. The molecule has 27 heavy (non-hydrogen) atoms. The molecule has 2 aliphatic heterocycles. The van der Waals surface area contributed by atoms with Crippen molar-refractivity contribution in [2.45, 2.75) is 12.8 Å². The molecule has 0 aromatic heterocycles. The molecule has 138 valence electrons. The lowest BCUT2D eigenvalue weighted by Gasteiger charge is -2.27. The molecule has 0 radical (unpaired) electrons. The molecule has 2 amide bonds. The molecule has 5 heteroatoms. The molecular weight excluding hydrogens is 338 g/mol. The van der Waals surface area contributed by atoms with Gasteiger partial charge in [-0.25, -0.2) is 0 Å². The number of rotatable bonds is 4. The molecule has 5 rings (SSSR count). The van der Waals surface area contributed by atoms with E-state index in [2.05, 4.69) is 47.0 Å². The van der Waals surface area contributed by atoms with Crippen LogP contribution >= 0.6 is 0 Å². The Morgan fingerprint density at radius 1 is 1.11 bits per heavy atom. The van der Waals surface area contributed by atoms with Crippen LogP contribution in [-0.2, 0) is 16.0 Å². The normalized spacial score (nSPS) is 21.0. The van der Waals surface area contributed by atoms with Crippen LogP contribution in [0.25, 0.3) is 11.1 Å². The number of carbonyl (C=O) groups is 2. The predicted molar refractivity (Wildman–Crippen MR) is 105 cm³/mol. The maximum atomic E-state index is 12.5. The fraction of sp³-hybridized carbons (Fsp3) is 0.364. The molecule has 1 atom stereocenters. The summed E-state index contributed by atoms with van der Waals surface area (Å²) in [5.41, 5.74) is 6.04. The summed E-state index contributed by atoms with van der Waals surface area (Å²) in [5, 5.41) is 6.22. The first-order valence-corrected chi connectivity index (χ1v) is 9.69. The number of hydrogen-bond acceptors (Lipinski definition) is 3. The van der Waals surface area contributed by atoms with E-state index in [1.807, 2.05) is 6.07 Å². The lowest BCUT2D eigenvalue weighted by molar-refractivity contribution is -0.126. The average Bonchev–Trinajstić information content (AvgIpc) is 3.20. The summed E-state index contributed by atoms with van der Waals surface area (Å²) >= 11 is 0. The van der Waals surface area contributed by atoms with Crippen LogP contribution in [-0.4, -0.2) is 38.0 Å². The highest BCUT2D eigenvalue weighted by Crippen LogP contribution is 2.39. The van der Waals surface area contributed by atoms with Gasteiger partial charge < -0.3 is 15.5 Å².